The van der Waals surface area contributed by atoms with Gasteiger partial charge in [-0.2, -0.15) is 0 Å². The van der Waals surface area contributed by atoms with Crippen molar-refractivity contribution in [1.82, 2.24) is 9.62 Å². The Morgan fingerprint density at radius 2 is 2.00 bits per heavy atom. The maximum Gasteiger partial charge on any atom is 0.240 e. The number of nitrogens with zero attached hydrogens (tertiary/aromatic N) is 1. The zero-order valence-electron chi connectivity index (χ0n) is 13.3. The largest absolute Gasteiger partial charge is 0.496 e. The highest BCUT2D eigenvalue weighted by atomic mass is 32.2. The molecule has 2 rings (SSSR count). The molecule has 1 fully saturated rings. The minimum Gasteiger partial charge on any atom is -0.496 e. The molecule has 0 bridgehead atoms. The van der Waals surface area contributed by atoms with E-state index in [-0.39, 0.29) is 23.3 Å². The Kier molecular flexibility index (Phi) is 4.77. The topological polar surface area (TPSA) is 75.7 Å². The average molecular weight is 326 g/mol. The van der Waals surface area contributed by atoms with Crippen molar-refractivity contribution in [3.05, 3.63) is 23.3 Å². The lowest BCUT2D eigenvalue weighted by atomic mass is 10.1. The molecule has 122 valence electrons. The van der Waals surface area contributed by atoms with E-state index in [1.807, 2.05) is 6.92 Å². The van der Waals surface area contributed by atoms with Gasteiger partial charge in [-0.1, -0.05) is 0 Å². The third-order valence-electron chi connectivity index (χ3n) is 3.97. The van der Waals surface area contributed by atoms with Crippen molar-refractivity contribution < 1.29 is 17.9 Å². The highest BCUT2D eigenvalue weighted by Crippen LogP contribution is 2.25. The summed E-state index contributed by atoms with van der Waals surface area (Å²) >= 11 is 0. The molecule has 1 aromatic carbocycles. The number of aryl methyl sites for hydroxylation is 2. The predicted octanol–water partition coefficient (Wildman–Crippen LogP) is 1.07. The number of hydrogen-bond donors (Lipinski definition) is 1. The molecule has 1 aromatic rings. The molecule has 0 aliphatic carbocycles. The summed E-state index contributed by atoms with van der Waals surface area (Å²) in [6.07, 6.45) is 0.389. The predicted molar refractivity (Wildman–Crippen MR) is 83.4 cm³/mol. The van der Waals surface area contributed by atoms with E-state index in [1.165, 1.54) is 0 Å². The Bertz CT molecular complexity index is 685. The van der Waals surface area contributed by atoms with Crippen LogP contribution >= 0.6 is 0 Å². The molecule has 6 nitrogen and oxygen atoms in total. The van der Waals surface area contributed by atoms with E-state index < -0.39 is 10.0 Å². The molecule has 1 saturated heterocycles. The molecular weight excluding hydrogens is 304 g/mol. The fraction of sp³-hybridized carbons (Fsp3) is 0.533. The van der Waals surface area contributed by atoms with Crippen molar-refractivity contribution in [2.24, 2.45) is 5.92 Å². The SMILES string of the molecule is COc1cc(C)c(S(=O)(=O)NCC2CC(=O)N(C)C2)cc1C. The van der Waals surface area contributed by atoms with Gasteiger partial charge in [-0.25, -0.2) is 13.1 Å². The Labute approximate surface area is 131 Å². The molecule has 7 heteroatoms. The zero-order valence-corrected chi connectivity index (χ0v) is 14.2. The number of sulfonamides is 1. The molecule has 1 N–H and O–H groups in total. The molecule has 0 aromatic heterocycles. The quantitative estimate of drug-likeness (QED) is 0.878. The third kappa shape index (κ3) is 3.41. The fourth-order valence-electron chi connectivity index (χ4n) is 2.67. The summed E-state index contributed by atoms with van der Waals surface area (Å²) in [5.41, 5.74) is 1.40. The molecule has 1 heterocycles. The van der Waals surface area contributed by atoms with Crippen molar-refractivity contribution in [2.75, 3.05) is 27.2 Å². The molecule has 1 aliphatic rings. The van der Waals surface area contributed by atoms with E-state index in [0.29, 0.717) is 24.3 Å². The maximum atomic E-state index is 12.5. The van der Waals surface area contributed by atoms with E-state index in [9.17, 15) is 13.2 Å². The Morgan fingerprint density at radius 3 is 2.55 bits per heavy atom. The number of hydrogen-bond acceptors (Lipinski definition) is 4. The van der Waals surface area contributed by atoms with Crippen molar-refractivity contribution in [3.8, 4) is 5.75 Å². The minimum absolute atomic E-state index is 0.0203. The second kappa shape index (κ2) is 6.26. The van der Waals surface area contributed by atoms with E-state index in [2.05, 4.69) is 4.72 Å². The van der Waals surface area contributed by atoms with Crippen LogP contribution in [0.3, 0.4) is 0 Å². The van der Waals surface area contributed by atoms with Crippen LogP contribution in [0.5, 0.6) is 5.75 Å². The molecular formula is C15H22N2O4S. The summed E-state index contributed by atoms with van der Waals surface area (Å²) in [6.45, 7) is 4.40. The van der Waals surface area contributed by atoms with E-state index in [1.54, 1.807) is 38.1 Å². The number of methoxy groups -OCH3 is 1. The van der Waals surface area contributed by atoms with Crippen molar-refractivity contribution in [2.45, 2.75) is 25.2 Å². The van der Waals surface area contributed by atoms with Crippen LogP contribution in [0, 0.1) is 19.8 Å². The second-order valence-corrected chi connectivity index (χ2v) is 7.52. The van der Waals surface area contributed by atoms with Gasteiger partial charge in [-0.05, 0) is 43.0 Å². The van der Waals surface area contributed by atoms with E-state index in [4.69, 9.17) is 4.74 Å². The normalized spacial score (nSPS) is 18.8. The van der Waals surface area contributed by atoms with Crippen LogP contribution in [0.15, 0.2) is 17.0 Å². The van der Waals surface area contributed by atoms with Crippen LogP contribution in [0.25, 0.3) is 0 Å². The summed E-state index contributed by atoms with van der Waals surface area (Å²) in [5, 5.41) is 0. The van der Waals surface area contributed by atoms with Crippen molar-refractivity contribution >= 4 is 15.9 Å². The molecule has 1 unspecified atom stereocenters. The van der Waals surface area contributed by atoms with Crippen LogP contribution in [0.4, 0.5) is 0 Å². The number of nitrogens with one attached hydrogen (secondary N) is 1. The van der Waals surface area contributed by atoms with Crippen LogP contribution in [-0.4, -0.2) is 46.5 Å². The van der Waals surface area contributed by atoms with Gasteiger partial charge in [0.15, 0.2) is 0 Å². The number of likely N-dealkylation sites (tertiary alicyclic amines) is 1. The summed E-state index contributed by atoms with van der Waals surface area (Å²) in [5.74, 6) is 0.743. The van der Waals surface area contributed by atoms with Crippen molar-refractivity contribution in [3.63, 3.8) is 0 Å². The van der Waals surface area contributed by atoms with Gasteiger partial charge in [-0.15, -0.1) is 0 Å². The molecule has 22 heavy (non-hydrogen) atoms. The molecule has 1 atom stereocenters. The lowest BCUT2D eigenvalue weighted by Gasteiger charge is -2.15. The lowest BCUT2D eigenvalue weighted by molar-refractivity contribution is -0.126. The number of rotatable bonds is 5. The molecule has 0 saturated carbocycles. The highest BCUT2D eigenvalue weighted by molar-refractivity contribution is 7.89. The summed E-state index contributed by atoms with van der Waals surface area (Å²) in [7, 11) is -0.309. The number of amides is 1. The molecule has 0 radical (unpaired) electrons. The van der Waals surface area contributed by atoms with Gasteiger partial charge < -0.3 is 9.64 Å². The molecule has 1 aliphatic heterocycles. The number of carbonyl (C=O) groups is 1. The summed E-state index contributed by atoms with van der Waals surface area (Å²) in [4.78, 5) is 13.4. The smallest absolute Gasteiger partial charge is 0.240 e. The third-order valence-corrected chi connectivity index (χ3v) is 5.53. The van der Waals surface area contributed by atoms with Crippen LogP contribution in [0.1, 0.15) is 17.5 Å². The van der Waals surface area contributed by atoms with Gasteiger partial charge in [0.2, 0.25) is 15.9 Å². The molecule has 1 amide bonds. The number of benzene rings is 1. The first-order valence-corrected chi connectivity index (χ1v) is 8.61. The van der Waals surface area contributed by atoms with Gasteiger partial charge in [0.05, 0.1) is 12.0 Å². The van der Waals surface area contributed by atoms with Crippen molar-refractivity contribution in [1.29, 1.82) is 0 Å². The first-order valence-electron chi connectivity index (χ1n) is 7.13. The van der Waals surface area contributed by atoms with Gasteiger partial charge in [0.1, 0.15) is 5.75 Å². The zero-order chi connectivity index (χ0) is 16.5. The number of carbonyl (C=O) groups excluding carboxylic acids is 1. The summed E-state index contributed by atoms with van der Waals surface area (Å²) < 4.78 is 32.8. The summed E-state index contributed by atoms with van der Waals surface area (Å²) in [6, 6.07) is 3.33. The first-order chi connectivity index (χ1) is 10.2. The van der Waals surface area contributed by atoms with Gasteiger partial charge >= 0.3 is 0 Å². The standard InChI is InChI=1S/C15H22N2O4S/c1-10-6-14(11(2)5-13(10)21-4)22(19,20)16-8-12-7-15(18)17(3)9-12/h5-6,12,16H,7-9H2,1-4H3. The van der Waals surface area contributed by atoms with Gasteiger partial charge in [0.25, 0.3) is 0 Å². The van der Waals surface area contributed by atoms with Gasteiger partial charge in [0, 0.05) is 26.6 Å². The second-order valence-electron chi connectivity index (χ2n) is 5.78. The van der Waals surface area contributed by atoms with Crippen LogP contribution in [-0.2, 0) is 14.8 Å². The lowest BCUT2D eigenvalue weighted by Crippen LogP contribution is -2.31. The first kappa shape index (κ1) is 16.8. The van der Waals surface area contributed by atoms with E-state index in [0.717, 1.165) is 5.56 Å². The Hall–Kier alpha value is -1.60. The van der Waals surface area contributed by atoms with Crippen LogP contribution in [0.2, 0.25) is 0 Å². The van der Waals surface area contributed by atoms with Gasteiger partial charge in [-0.3, -0.25) is 4.79 Å². The average Bonchev–Trinajstić information content (AvgIpc) is 2.77. The van der Waals surface area contributed by atoms with E-state index >= 15 is 0 Å². The Morgan fingerprint density at radius 1 is 1.32 bits per heavy atom. The minimum atomic E-state index is -3.60. The Balaban J connectivity index is 2.14. The number of ether oxygens (including phenoxy) is 1. The highest BCUT2D eigenvalue weighted by Gasteiger charge is 2.28. The fourth-order valence-corrected chi connectivity index (χ4v) is 4.10. The van der Waals surface area contributed by atoms with Crippen LogP contribution < -0.4 is 9.46 Å². The molecule has 0 spiro atoms. The monoisotopic (exact) mass is 326 g/mol. The maximum absolute atomic E-state index is 12.5.